The molecule has 3 nitrogen and oxygen atoms in total. The van der Waals surface area contributed by atoms with Crippen molar-refractivity contribution in [2.75, 3.05) is 0 Å². The van der Waals surface area contributed by atoms with E-state index < -0.39 is 0 Å². The number of para-hydroxylation sites is 1. The Labute approximate surface area is 168 Å². The predicted octanol–water partition coefficient (Wildman–Crippen LogP) is 5.13. The smallest absolute Gasteiger partial charge is 0.275 e. The highest BCUT2D eigenvalue weighted by atomic mass is 32.2. The minimum absolute atomic E-state index is 0.0488. The van der Waals surface area contributed by atoms with Crippen molar-refractivity contribution in [3.05, 3.63) is 112 Å². The maximum absolute atomic E-state index is 13.7. The molecule has 0 atom stereocenters. The van der Waals surface area contributed by atoms with Gasteiger partial charge in [0.25, 0.3) is 5.56 Å². The summed E-state index contributed by atoms with van der Waals surface area (Å²) in [5.74, 6) is -0.0580. The third-order valence-corrected chi connectivity index (χ3v) is 6.75. The Bertz CT molecular complexity index is 1190. The molecule has 0 saturated heterocycles. The van der Waals surface area contributed by atoms with Gasteiger partial charge in [-0.3, -0.25) is 9.48 Å². The Morgan fingerprint density at radius 3 is 1.93 bits per heavy atom. The molecule has 1 aliphatic heterocycles. The van der Waals surface area contributed by atoms with Gasteiger partial charge in [0.1, 0.15) is 0 Å². The average molecular weight is 385 g/mol. The molecule has 0 fully saturated rings. The van der Waals surface area contributed by atoms with Crippen LogP contribution in [0.4, 0.5) is 0 Å². The molecule has 0 N–H and O–H groups in total. The fourth-order valence-corrected chi connectivity index (χ4v) is 5.28. The normalized spacial score (nSPS) is 13.2. The van der Waals surface area contributed by atoms with Crippen molar-refractivity contribution in [3.63, 3.8) is 0 Å². The van der Waals surface area contributed by atoms with Crippen LogP contribution in [0.25, 0.3) is 5.69 Å². The molecule has 0 spiro atoms. The highest BCUT2D eigenvalue weighted by molar-refractivity contribution is 7.99. The molecule has 0 radical (unpaired) electrons. The largest absolute Gasteiger partial charge is 0.285 e. The summed E-state index contributed by atoms with van der Waals surface area (Å²) in [4.78, 5) is 16.1. The van der Waals surface area contributed by atoms with Crippen LogP contribution in [0.3, 0.4) is 0 Å². The average Bonchev–Trinajstić information content (AvgIpc) is 2.95. The zero-order valence-electron chi connectivity index (χ0n) is 15.8. The highest BCUT2D eigenvalue weighted by Crippen LogP contribution is 2.48. The molecule has 1 aromatic heterocycles. The van der Waals surface area contributed by atoms with E-state index >= 15 is 0 Å². The Morgan fingerprint density at radius 2 is 1.32 bits per heavy atom. The van der Waals surface area contributed by atoms with E-state index in [1.807, 2.05) is 49.0 Å². The van der Waals surface area contributed by atoms with E-state index in [2.05, 4.69) is 48.5 Å². The third-order valence-electron chi connectivity index (χ3n) is 5.57. The van der Waals surface area contributed by atoms with Crippen molar-refractivity contribution >= 4 is 11.8 Å². The van der Waals surface area contributed by atoms with Crippen LogP contribution in [-0.2, 0) is 7.05 Å². The second kappa shape index (κ2) is 6.57. The number of hydrogen-bond acceptors (Lipinski definition) is 2. The molecule has 0 amide bonds. The summed E-state index contributed by atoms with van der Waals surface area (Å²) in [6, 6.07) is 26.7. The van der Waals surface area contributed by atoms with Gasteiger partial charge in [0.15, 0.2) is 0 Å². The van der Waals surface area contributed by atoms with Gasteiger partial charge in [0.2, 0.25) is 0 Å². The van der Waals surface area contributed by atoms with E-state index in [9.17, 15) is 4.79 Å². The summed E-state index contributed by atoms with van der Waals surface area (Å²) in [6.07, 6.45) is 0. The van der Waals surface area contributed by atoms with E-state index in [1.54, 1.807) is 16.4 Å². The van der Waals surface area contributed by atoms with Crippen LogP contribution in [0.1, 0.15) is 28.3 Å². The quantitative estimate of drug-likeness (QED) is 0.422. The molecule has 3 aromatic carbocycles. The first-order valence-corrected chi connectivity index (χ1v) is 10.2. The molecule has 2 heterocycles. The van der Waals surface area contributed by atoms with Gasteiger partial charge < -0.3 is 0 Å². The fourth-order valence-electron chi connectivity index (χ4n) is 4.14. The minimum atomic E-state index is -0.0580. The van der Waals surface area contributed by atoms with Crippen molar-refractivity contribution < 1.29 is 0 Å². The van der Waals surface area contributed by atoms with Gasteiger partial charge in [-0.15, -0.1) is 0 Å². The van der Waals surface area contributed by atoms with Crippen LogP contribution in [-0.4, -0.2) is 9.36 Å². The molecule has 138 valence electrons. The zero-order valence-corrected chi connectivity index (χ0v) is 16.6. The second-order valence-corrected chi connectivity index (χ2v) is 8.17. The van der Waals surface area contributed by atoms with Crippen LogP contribution in [0.15, 0.2) is 93.4 Å². The molecule has 1 aliphatic rings. The summed E-state index contributed by atoms with van der Waals surface area (Å²) >= 11 is 1.78. The number of benzene rings is 3. The molecular formula is C24H20N2OS. The first kappa shape index (κ1) is 17.1. The van der Waals surface area contributed by atoms with Gasteiger partial charge in [-0.1, -0.05) is 66.4 Å². The molecule has 4 heteroatoms. The monoisotopic (exact) mass is 384 g/mol. The maximum Gasteiger partial charge on any atom is 0.275 e. The summed E-state index contributed by atoms with van der Waals surface area (Å²) in [5.41, 5.74) is 5.19. The number of hydrogen-bond donors (Lipinski definition) is 0. The molecule has 5 rings (SSSR count). The van der Waals surface area contributed by atoms with Crippen LogP contribution >= 0.6 is 11.8 Å². The lowest BCUT2D eigenvalue weighted by molar-refractivity contribution is 0.630. The minimum Gasteiger partial charge on any atom is -0.285 e. The SMILES string of the molecule is Cc1c(C2c3ccccc3Sc3ccccc32)c(=O)n(-c2ccccc2)n1C. The van der Waals surface area contributed by atoms with E-state index in [4.69, 9.17) is 0 Å². The van der Waals surface area contributed by atoms with E-state index in [-0.39, 0.29) is 11.5 Å². The lowest BCUT2D eigenvalue weighted by Crippen LogP contribution is -2.23. The Kier molecular flexibility index (Phi) is 4.02. The molecule has 4 aromatic rings. The molecule has 0 saturated carbocycles. The third kappa shape index (κ3) is 2.49. The van der Waals surface area contributed by atoms with Crippen molar-refractivity contribution in [3.8, 4) is 5.69 Å². The van der Waals surface area contributed by atoms with E-state index in [1.165, 1.54) is 20.9 Å². The summed E-state index contributed by atoms with van der Waals surface area (Å²) in [7, 11) is 1.96. The van der Waals surface area contributed by atoms with E-state index in [0.717, 1.165) is 16.9 Å². The number of fused-ring (bicyclic) bond motifs is 2. The van der Waals surface area contributed by atoms with Crippen LogP contribution in [0.5, 0.6) is 0 Å². The summed E-state index contributed by atoms with van der Waals surface area (Å²) in [5, 5.41) is 0. The standard InChI is InChI=1S/C24H20N2OS/c1-16-22(24(27)26(25(16)2)17-10-4-3-5-11-17)23-18-12-6-8-14-20(18)28-21-15-9-7-13-19(21)23/h3-15,23H,1-2H3. The molecule has 0 aliphatic carbocycles. The lowest BCUT2D eigenvalue weighted by atomic mass is 9.84. The topological polar surface area (TPSA) is 26.9 Å². The Morgan fingerprint density at radius 1 is 0.786 bits per heavy atom. The molecule has 28 heavy (non-hydrogen) atoms. The summed E-state index contributed by atoms with van der Waals surface area (Å²) < 4.78 is 3.75. The summed E-state index contributed by atoms with van der Waals surface area (Å²) in [6.45, 7) is 2.04. The van der Waals surface area contributed by atoms with Crippen LogP contribution < -0.4 is 5.56 Å². The van der Waals surface area contributed by atoms with Gasteiger partial charge >= 0.3 is 0 Å². The van der Waals surface area contributed by atoms with Crippen LogP contribution in [0.2, 0.25) is 0 Å². The molecule has 0 unspecified atom stereocenters. The van der Waals surface area contributed by atoms with Crippen molar-refractivity contribution in [1.29, 1.82) is 0 Å². The maximum atomic E-state index is 13.7. The van der Waals surface area contributed by atoms with E-state index in [0.29, 0.717) is 0 Å². The second-order valence-electron chi connectivity index (χ2n) is 7.09. The lowest BCUT2D eigenvalue weighted by Gasteiger charge is -2.27. The molecular weight excluding hydrogens is 364 g/mol. The van der Waals surface area contributed by atoms with Gasteiger partial charge in [-0.25, -0.2) is 4.68 Å². The Hall–Kier alpha value is -2.98. The van der Waals surface area contributed by atoms with Crippen molar-refractivity contribution in [2.24, 2.45) is 7.05 Å². The Balaban J connectivity index is 1.81. The predicted molar refractivity (Wildman–Crippen MR) is 114 cm³/mol. The zero-order chi connectivity index (χ0) is 19.3. The highest BCUT2D eigenvalue weighted by Gasteiger charge is 2.32. The number of aromatic nitrogens is 2. The molecule has 0 bridgehead atoms. The van der Waals surface area contributed by atoms with Crippen molar-refractivity contribution in [1.82, 2.24) is 9.36 Å². The van der Waals surface area contributed by atoms with Crippen LogP contribution in [0, 0.1) is 6.92 Å². The van der Waals surface area contributed by atoms with Gasteiger partial charge in [0.05, 0.1) is 11.3 Å². The number of nitrogens with zero attached hydrogens (tertiary/aromatic N) is 2. The van der Waals surface area contributed by atoms with Gasteiger partial charge in [-0.2, -0.15) is 0 Å². The number of rotatable bonds is 2. The van der Waals surface area contributed by atoms with Gasteiger partial charge in [0, 0.05) is 28.5 Å². The first-order valence-electron chi connectivity index (χ1n) is 9.36. The first-order chi connectivity index (χ1) is 13.7. The fraction of sp³-hybridized carbons (Fsp3) is 0.125. The van der Waals surface area contributed by atoms with Crippen molar-refractivity contribution in [2.45, 2.75) is 22.6 Å². The van der Waals surface area contributed by atoms with Gasteiger partial charge in [-0.05, 0) is 42.3 Å².